The Hall–Kier alpha value is -2.92. The Morgan fingerprint density at radius 2 is 1.81 bits per heavy atom. The van der Waals surface area contributed by atoms with Crippen molar-refractivity contribution in [1.82, 2.24) is 10.3 Å². The average molecular weight is 352 g/mol. The number of aromatic nitrogens is 1. The van der Waals surface area contributed by atoms with Gasteiger partial charge in [-0.3, -0.25) is 4.98 Å². The molecule has 2 aromatic carbocycles. The molecule has 0 aliphatic rings. The van der Waals surface area contributed by atoms with Crippen LogP contribution in [0.25, 0.3) is 0 Å². The summed E-state index contributed by atoms with van der Waals surface area (Å²) in [6, 6.07) is 17.9. The summed E-state index contributed by atoms with van der Waals surface area (Å²) >= 11 is 0. The largest absolute Gasteiger partial charge is 0.493 e. The van der Waals surface area contributed by atoms with Crippen LogP contribution in [-0.2, 0) is 19.7 Å². The molecule has 0 fully saturated rings. The van der Waals surface area contributed by atoms with E-state index in [-0.39, 0.29) is 5.82 Å². The number of ether oxygens (including phenoxy) is 2. The highest BCUT2D eigenvalue weighted by molar-refractivity contribution is 5.46. The quantitative estimate of drug-likeness (QED) is 0.663. The minimum atomic E-state index is -0.259. The normalized spacial score (nSPS) is 10.5. The van der Waals surface area contributed by atoms with Crippen LogP contribution in [0.1, 0.15) is 16.8 Å². The van der Waals surface area contributed by atoms with Gasteiger partial charge in [-0.2, -0.15) is 0 Å². The SMILES string of the molecule is COc1cccc(CNCc2ccccn2)c1OCc1ccc(F)cc1. The number of para-hydroxylation sites is 1. The van der Waals surface area contributed by atoms with E-state index in [1.54, 1.807) is 25.4 Å². The number of hydrogen-bond donors (Lipinski definition) is 1. The van der Waals surface area contributed by atoms with Crippen LogP contribution in [-0.4, -0.2) is 12.1 Å². The van der Waals surface area contributed by atoms with Crippen LogP contribution < -0.4 is 14.8 Å². The van der Waals surface area contributed by atoms with Crippen LogP contribution in [0.5, 0.6) is 11.5 Å². The molecule has 26 heavy (non-hydrogen) atoms. The van der Waals surface area contributed by atoms with E-state index in [1.807, 2.05) is 36.4 Å². The molecule has 1 aromatic heterocycles. The van der Waals surface area contributed by atoms with Crippen LogP contribution in [0.2, 0.25) is 0 Å². The van der Waals surface area contributed by atoms with Crippen LogP contribution in [0.3, 0.4) is 0 Å². The van der Waals surface area contributed by atoms with Crippen molar-refractivity contribution in [3.05, 3.63) is 89.5 Å². The first-order valence-corrected chi connectivity index (χ1v) is 8.40. The predicted molar refractivity (Wildman–Crippen MR) is 98.5 cm³/mol. The van der Waals surface area contributed by atoms with Gasteiger partial charge in [0.25, 0.3) is 0 Å². The van der Waals surface area contributed by atoms with Gasteiger partial charge in [-0.25, -0.2) is 4.39 Å². The van der Waals surface area contributed by atoms with Crippen LogP contribution in [0, 0.1) is 5.82 Å². The van der Waals surface area contributed by atoms with Gasteiger partial charge in [-0.15, -0.1) is 0 Å². The van der Waals surface area contributed by atoms with E-state index >= 15 is 0 Å². The summed E-state index contributed by atoms with van der Waals surface area (Å²) in [5, 5.41) is 3.37. The standard InChI is InChI=1S/C21H21FN2O2/c1-25-20-7-4-5-17(13-23-14-19-6-2-3-12-24-19)21(20)26-15-16-8-10-18(22)11-9-16/h2-12,23H,13-15H2,1H3. The zero-order valence-corrected chi connectivity index (χ0v) is 14.6. The lowest BCUT2D eigenvalue weighted by atomic mass is 10.1. The van der Waals surface area contributed by atoms with Crippen molar-refractivity contribution in [3.8, 4) is 11.5 Å². The molecule has 3 rings (SSSR count). The van der Waals surface area contributed by atoms with E-state index in [0.717, 1.165) is 16.8 Å². The summed E-state index contributed by atoms with van der Waals surface area (Å²) in [6.07, 6.45) is 1.78. The third-order valence-corrected chi connectivity index (χ3v) is 3.92. The van der Waals surface area contributed by atoms with Crippen LogP contribution in [0.15, 0.2) is 66.9 Å². The zero-order valence-electron chi connectivity index (χ0n) is 14.6. The van der Waals surface area contributed by atoms with E-state index in [2.05, 4.69) is 10.3 Å². The zero-order chi connectivity index (χ0) is 18.2. The lowest BCUT2D eigenvalue weighted by Gasteiger charge is -2.15. The fraction of sp³-hybridized carbons (Fsp3) is 0.190. The molecule has 1 N–H and O–H groups in total. The van der Waals surface area contributed by atoms with Gasteiger partial charge in [0, 0.05) is 24.8 Å². The van der Waals surface area contributed by atoms with Crippen molar-refractivity contribution >= 4 is 0 Å². The molecule has 0 unspecified atom stereocenters. The molecule has 0 aliphatic heterocycles. The highest BCUT2D eigenvalue weighted by Crippen LogP contribution is 2.31. The first-order valence-electron chi connectivity index (χ1n) is 8.40. The van der Waals surface area contributed by atoms with Crippen molar-refractivity contribution in [1.29, 1.82) is 0 Å². The van der Waals surface area contributed by atoms with Gasteiger partial charge in [0.05, 0.1) is 12.8 Å². The van der Waals surface area contributed by atoms with Gasteiger partial charge in [0.15, 0.2) is 11.5 Å². The van der Waals surface area contributed by atoms with Crippen molar-refractivity contribution in [2.45, 2.75) is 19.7 Å². The van der Waals surface area contributed by atoms with E-state index in [9.17, 15) is 4.39 Å². The van der Waals surface area contributed by atoms with Crippen LogP contribution in [0.4, 0.5) is 4.39 Å². The van der Waals surface area contributed by atoms with Crippen molar-refractivity contribution < 1.29 is 13.9 Å². The molecule has 0 bridgehead atoms. The van der Waals surface area contributed by atoms with E-state index in [4.69, 9.17) is 9.47 Å². The monoisotopic (exact) mass is 352 g/mol. The molecule has 0 saturated carbocycles. The molecule has 0 radical (unpaired) electrons. The van der Waals surface area contributed by atoms with Crippen molar-refractivity contribution in [2.75, 3.05) is 7.11 Å². The summed E-state index contributed by atoms with van der Waals surface area (Å²) in [5.41, 5.74) is 2.86. The number of rotatable bonds is 8. The molecule has 3 aromatic rings. The highest BCUT2D eigenvalue weighted by atomic mass is 19.1. The Kier molecular flexibility index (Phi) is 6.17. The molecular weight excluding hydrogens is 331 g/mol. The number of nitrogens with one attached hydrogen (secondary N) is 1. The molecule has 0 spiro atoms. The third-order valence-electron chi connectivity index (χ3n) is 3.92. The highest BCUT2D eigenvalue weighted by Gasteiger charge is 2.11. The smallest absolute Gasteiger partial charge is 0.166 e. The summed E-state index contributed by atoms with van der Waals surface area (Å²) in [4.78, 5) is 4.30. The third kappa shape index (κ3) is 4.80. The topological polar surface area (TPSA) is 43.4 Å². The summed E-state index contributed by atoms with van der Waals surface area (Å²) in [7, 11) is 1.62. The molecule has 0 atom stereocenters. The second-order valence-corrected chi connectivity index (χ2v) is 5.79. The van der Waals surface area contributed by atoms with Gasteiger partial charge < -0.3 is 14.8 Å². The number of methoxy groups -OCH3 is 1. The van der Waals surface area contributed by atoms with E-state index in [1.165, 1.54) is 12.1 Å². The lowest BCUT2D eigenvalue weighted by Crippen LogP contribution is -2.14. The maximum Gasteiger partial charge on any atom is 0.166 e. The fourth-order valence-corrected chi connectivity index (χ4v) is 2.59. The Labute approximate surface area is 152 Å². The summed E-state index contributed by atoms with van der Waals surface area (Å²) < 4.78 is 24.5. The molecule has 0 aliphatic carbocycles. The van der Waals surface area contributed by atoms with Crippen LogP contribution >= 0.6 is 0 Å². The summed E-state index contributed by atoms with van der Waals surface area (Å²) in [6.45, 7) is 1.62. The number of hydrogen-bond acceptors (Lipinski definition) is 4. The molecule has 134 valence electrons. The van der Waals surface area contributed by atoms with Gasteiger partial charge in [0.1, 0.15) is 12.4 Å². The Balaban J connectivity index is 1.67. The van der Waals surface area contributed by atoms with Gasteiger partial charge in [-0.05, 0) is 35.9 Å². The van der Waals surface area contributed by atoms with Gasteiger partial charge in [-0.1, -0.05) is 30.3 Å². The van der Waals surface area contributed by atoms with Crippen molar-refractivity contribution in [3.63, 3.8) is 0 Å². The molecule has 5 heteroatoms. The Bertz CT molecular complexity index is 823. The van der Waals surface area contributed by atoms with Gasteiger partial charge in [0.2, 0.25) is 0 Å². The number of nitrogens with zero attached hydrogens (tertiary/aromatic N) is 1. The molecule has 0 amide bonds. The Morgan fingerprint density at radius 3 is 2.54 bits per heavy atom. The Morgan fingerprint density at radius 1 is 0.962 bits per heavy atom. The molecule has 1 heterocycles. The first-order chi connectivity index (χ1) is 12.8. The minimum Gasteiger partial charge on any atom is -0.493 e. The second kappa shape index (κ2) is 8.97. The molecular formula is C21H21FN2O2. The maximum atomic E-state index is 13.0. The number of benzene rings is 2. The first kappa shape index (κ1) is 17.9. The second-order valence-electron chi connectivity index (χ2n) is 5.79. The molecule has 4 nitrogen and oxygen atoms in total. The lowest BCUT2D eigenvalue weighted by molar-refractivity contribution is 0.280. The molecule has 0 saturated heterocycles. The number of halogens is 1. The van der Waals surface area contributed by atoms with Gasteiger partial charge >= 0.3 is 0 Å². The fourth-order valence-electron chi connectivity index (χ4n) is 2.59. The van der Waals surface area contributed by atoms with E-state index < -0.39 is 0 Å². The minimum absolute atomic E-state index is 0.259. The predicted octanol–water partition coefficient (Wildman–Crippen LogP) is 4.10. The number of pyridine rings is 1. The maximum absolute atomic E-state index is 13.0. The van der Waals surface area contributed by atoms with E-state index in [0.29, 0.717) is 31.2 Å². The van der Waals surface area contributed by atoms with Crippen molar-refractivity contribution in [2.24, 2.45) is 0 Å². The summed E-state index contributed by atoms with van der Waals surface area (Å²) in [5.74, 6) is 1.10. The average Bonchev–Trinajstić information content (AvgIpc) is 2.69.